The quantitative estimate of drug-likeness (QED) is 0.801. The van der Waals surface area contributed by atoms with E-state index in [0.717, 1.165) is 18.9 Å². The van der Waals surface area contributed by atoms with Crippen LogP contribution in [0, 0.1) is 12.8 Å². The Morgan fingerprint density at radius 3 is 2.81 bits per heavy atom. The third-order valence-corrected chi connectivity index (χ3v) is 4.89. The average molecular weight is 366 g/mol. The molecule has 1 amide bonds. The second kappa shape index (κ2) is 7.51. The van der Waals surface area contributed by atoms with Gasteiger partial charge in [0.25, 0.3) is 5.91 Å². The second-order valence-corrected chi connectivity index (χ2v) is 6.72. The lowest BCUT2D eigenvalue weighted by atomic mass is 9.90. The summed E-state index contributed by atoms with van der Waals surface area (Å²) in [7, 11) is 0. The Morgan fingerprint density at radius 2 is 2.12 bits per heavy atom. The van der Waals surface area contributed by atoms with Crippen LogP contribution >= 0.6 is 0 Å². The molecule has 4 nitrogen and oxygen atoms in total. The van der Waals surface area contributed by atoms with Gasteiger partial charge in [-0.2, -0.15) is 13.2 Å². The Morgan fingerprint density at radius 1 is 1.35 bits per heavy atom. The topological polar surface area (TPSA) is 46.3 Å². The van der Waals surface area contributed by atoms with Gasteiger partial charge in [0.15, 0.2) is 6.39 Å². The summed E-state index contributed by atoms with van der Waals surface area (Å²) in [5, 5.41) is 0. The Hall–Kier alpha value is -2.31. The first-order valence-electron chi connectivity index (χ1n) is 8.70. The highest BCUT2D eigenvalue weighted by Crippen LogP contribution is 2.33. The molecule has 0 aliphatic carbocycles. The fourth-order valence-electron chi connectivity index (χ4n) is 3.51. The van der Waals surface area contributed by atoms with Crippen LogP contribution in [-0.2, 0) is 12.6 Å². The number of hydrogen-bond acceptors (Lipinski definition) is 3. The number of alkyl halides is 3. The summed E-state index contributed by atoms with van der Waals surface area (Å²) >= 11 is 0. The molecule has 2 heterocycles. The van der Waals surface area contributed by atoms with Gasteiger partial charge in [-0.15, -0.1) is 0 Å². The van der Waals surface area contributed by atoms with Gasteiger partial charge in [0.05, 0.1) is 11.3 Å². The molecule has 1 aromatic carbocycles. The van der Waals surface area contributed by atoms with E-state index in [4.69, 9.17) is 4.42 Å². The molecule has 2 aromatic rings. The summed E-state index contributed by atoms with van der Waals surface area (Å²) in [6.07, 6.45) is -0.374. The van der Waals surface area contributed by atoms with Crippen LogP contribution in [0.1, 0.15) is 46.6 Å². The first-order valence-corrected chi connectivity index (χ1v) is 8.70. The maximum Gasteiger partial charge on any atom is 0.416 e. The van der Waals surface area contributed by atoms with E-state index in [2.05, 4.69) is 4.98 Å². The minimum Gasteiger partial charge on any atom is -0.438 e. The van der Waals surface area contributed by atoms with Crippen molar-refractivity contribution in [3.05, 3.63) is 53.2 Å². The van der Waals surface area contributed by atoms with Crippen LogP contribution in [0.2, 0.25) is 0 Å². The molecular formula is C19H21F3N2O2. The van der Waals surface area contributed by atoms with E-state index in [1.54, 1.807) is 17.9 Å². The standard InChI is InChI=1S/C19H21F3N2O2/c1-13-17(26-12-23-13)18(25)24-10-4-5-14(11-24)8-9-15-6-2-3-7-16(15)19(20,21)22/h2-3,6-7,12,14H,4-5,8-11H2,1H3/t14-/m0/s1. The lowest BCUT2D eigenvalue weighted by Gasteiger charge is -2.32. The Kier molecular flexibility index (Phi) is 5.34. The fourth-order valence-corrected chi connectivity index (χ4v) is 3.51. The Labute approximate surface area is 150 Å². The molecule has 1 atom stereocenters. The highest BCUT2D eigenvalue weighted by Gasteiger charge is 2.33. The molecule has 0 unspecified atom stereocenters. The van der Waals surface area contributed by atoms with E-state index in [-0.39, 0.29) is 17.6 Å². The third-order valence-electron chi connectivity index (χ3n) is 4.89. The predicted octanol–water partition coefficient (Wildman–Crippen LogP) is 4.49. The molecule has 0 bridgehead atoms. The SMILES string of the molecule is Cc1ncoc1C(=O)N1CCC[C@@H](CCc2ccccc2C(F)(F)F)C1. The number of rotatable bonds is 4. The highest BCUT2D eigenvalue weighted by molar-refractivity contribution is 5.92. The lowest BCUT2D eigenvalue weighted by molar-refractivity contribution is -0.138. The van der Waals surface area contributed by atoms with Gasteiger partial charge in [0.1, 0.15) is 0 Å². The van der Waals surface area contributed by atoms with Gasteiger partial charge in [-0.1, -0.05) is 18.2 Å². The fraction of sp³-hybridized carbons (Fsp3) is 0.474. The van der Waals surface area contributed by atoms with Crippen LogP contribution in [0.15, 0.2) is 35.1 Å². The van der Waals surface area contributed by atoms with Crippen molar-refractivity contribution < 1.29 is 22.4 Å². The molecule has 0 N–H and O–H groups in total. The summed E-state index contributed by atoms with van der Waals surface area (Å²) in [6, 6.07) is 5.70. The van der Waals surface area contributed by atoms with Crippen LogP contribution < -0.4 is 0 Å². The van der Waals surface area contributed by atoms with Crippen molar-refractivity contribution in [3.63, 3.8) is 0 Å². The second-order valence-electron chi connectivity index (χ2n) is 6.72. The molecule has 3 rings (SSSR count). The number of carbonyl (C=O) groups excluding carboxylic acids is 1. The van der Waals surface area contributed by atoms with Crippen molar-refractivity contribution >= 4 is 5.91 Å². The van der Waals surface area contributed by atoms with Gasteiger partial charge in [-0.3, -0.25) is 4.79 Å². The molecule has 0 spiro atoms. The van der Waals surface area contributed by atoms with Crippen LogP contribution in [0.5, 0.6) is 0 Å². The van der Waals surface area contributed by atoms with E-state index in [1.807, 2.05) is 0 Å². The molecule has 1 aliphatic heterocycles. The van der Waals surface area contributed by atoms with Gasteiger partial charge < -0.3 is 9.32 Å². The number of hydrogen-bond donors (Lipinski definition) is 0. The summed E-state index contributed by atoms with van der Waals surface area (Å²) in [5.41, 5.74) is 0.298. The maximum absolute atomic E-state index is 13.1. The normalized spacial score (nSPS) is 18.2. The number of piperidine rings is 1. The number of aromatic nitrogens is 1. The minimum absolute atomic E-state index is 0.178. The van der Waals surface area contributed by atoms with Gasteiger partial charge >= 0.3 is 6.18 Å². The summed E-state index contributed by atoms with van der Waals surface area (Å²) in [6.45, 7) is 2.88. The zero-order chi connectivity index (χ0) is 18.7. The zero-order valence-electron chi connectivity index (χ0n) is 14.6. The number of aryl methyl sites for hydroxylation is 2. The third kappa shape index (κ3) is 4.08. The number of amides is 1. The largest absolute Gasteiger partial charge is 0.438 e. The average Bonchev–Trinajstić information content (AvgIpc) is 3.05. The van der Waals surface area contributed by atoms with Crippen molar-refractivity contribution in [2.45, 2.75) is 38.8 Å². The first kappa shape index (κ1) is 18.5. The maximum atomic E-state index is 13.1. The van der Waals surface area contributed by atoms with Crippen molar-refractivity contribution in [2.75, 3.05) is 13.1 Å². The molecule has 7 heteroatoms. The van der Waals surface area contributed by atoms with Gasteiger partial charge in [0, 0.05) is 13.1 Å². The van der Waals surface area contributed by atoms with Crippen molar-refractivity contribution in [3.8, 4) is 0 Å². The van der Waals surface area contributed by atoms with Crippen molar-refractivity contribution in [1.82, 2.24) is 9.88 Å². The molecule has 0 saturated carbocycles. The first-order chi connectivity index (χ1) is 12.4. The molecule has 26 heavy (non-hydrogen) atoms. The molecule has 0 radical (unpaired) electrons. The minimum atomic E-state index is -4.34. The van der Waals surface area contributed by atoms with E-state index in [0.29, 0.717) is 37.2 Å². The molecule has 1 aliphatic rings. The van der Waals surface area contributed by atoms with Crippen LogP contribution in [0.3, 0.4) is 0 Å². The monoisotopic (exact) mass is 366 g/mol. The summed E-state index contributed by atoms with van der Waals surface area (Å²) < 4.78 is 44.5. The number of oxazole rings is 1. The van der Waals surface area contributed by atoms with Crippen molar-refractivity contribution in [2.24, 2.45) is 5.92 Å². The van der Waals surface area contributed by atoms with Crippen LogP contribution in [-0.4, -0.2) is 28.9 Å². The van der Waals surface area contributed by atoms with Crippen LogP contribution in [0.25, 0.3) is 0 Å². The lowest BCUT2D eigenvalue weighted by Crippen LogP contribution is -2.40. The molecule has 1 aromatic heterocycles. The molecule has 140 valence electrons. The molecular weight excluding hydrogens is 345 g/mol. The van der Waals surface area contributed by atoms with Gasteiger partial charge in [-0.05, 0) is 50.2 Å². The summed E-state index contributed by atoms with van der Waals surface area (Å²) in [4.78, 5) is 18.2. The molecule has 1 saturated heterocycles. The van der Waals surface area contributed by atoms with Gasteiger partial charge in [-0.25, -0.2) is 4.98 Å². The zero-order valence-corrected chi connectivity index (χ0v) is 14.6. The van der Waals surface area contributed by atoms with Gasteiger partial charge in [0.2, 0.25) is 5.76 Å². The number of benzene rings is 1. The predicted molar refractivity (Wildman–Crippen MR) is 89.6 cm³/mol. The summed E-state index contributed by atoms with van der Waals surface area (Å²) in [5.74, 6) is 0.227. The number of carbonyl (C=O) groups is 1. The number of likely N-dealkylation sites (tertiary alicyclic amines) is 1. The van der Waals surface area contributed by atoms with E-state index >= 15 is 0 Å². The Balaban J connectivity index is 1.63. The van der Waals surface area contributed by atoms with E-state index < -0.39 is 11.7 Å². The van der Waals surface area contributed by atoms with E-state index in [1.165, 1.54) is 18.5 Å². The van der Waals surface area contributed by atoms with Crippen molar-refractivity contribution in [1.29, 1.82) is 0 Å². The van der Waals surface area contributed by atoms with E-state index in [9.17, 15) is 18.0 Å². The number of halogens is 3. The highest BCUT2D eigenvalue weighted by atomic mass is 19.4. The van der Waals surface area contributed by atoms with Crippen LogP contribution in [0.4, 0.5) is 13.2 Å². The molecule has 1 fully saturated rings. The Bertz CT molecular complexity index is 770. The smallest absolute Gasteiger partial charge is 0.416 e. The number of nitrogens with zero attached hydrogens (tertiary/aromatic N) is 2.